The Morgan fingerprint density at radius 2 is 1.19 bits per heavy atom. The normalized spacial score (nSPS) is 11.6. The highest BCUT2D eigenvalue weighted by atomic mass is 19.1. The molecule has 0 bridgehead atoms. The van der Waals surface area contributed by atoms with E-state index < -0.39 is 0 Å². The molecule has 0 saturated heterocycles. The maximum Gasteiger partial charge on any atom is 0.131 e. The molecule has 0 aliphatic carbocycles. The molecule has 4 aromatic carbocycles. The highest BCUT2D eigenvalue weighted by Crippen LogP contribution is 2.36. The average molecular weight is 274 g/mol. The zero-order chi connectivity index (χ0) is 14.6. The van der Waals surface area contributed by atoms with Crippen LogP contribution in [-0.4, -0.2) is 0 Å². The zero-order valence-electron chi connectivity index (χ0n) is 12.1. The van der Waals surface area contributed by atoms with Crippen molar-refractivity contribution in [2.45, 2.75) is 13.8 Å². The topological polar surface area (TPSA) is 0 Å². The second-order valence-electron chi connectivity index (χ2n) is 5.62. The van der Waals surface area contributed by atoms with Crippen LogP contribution in [-0.2, 0) is 0 Å². The number of hydrogen-bond donors (Lipinski definition) is 0. The summed E-state index contributed by atoms with van der Waals surface area (Å²) in [4.78, 5) is 0. The fourth-order valence-corrected chi connectivity index (χ4v) is 3.45. The molecule has 0 unspecified atom stereocenters. The number of rotatable bonds is 0. The minimum atomic E-state index is -0.153. The maximum atomic E-state index is 14.1. The summed E-state index contributed by atoms with van der Waals surface area (Å²) in [6.45, 7) is 4.28. The summed E-state index contributed by atoms with van der Waals surface area (Å²) in [7, 11) is 0. The lowest BCUT2D eigenvalue weighted by molar-refractivity contribution is 0.640. The van der Waals surface area contributed by atoms with Gasteiger partial charge in [-0.3, -0.25) is 0 Å². The molecular formula is C20H15F. The van der Waals surface area contributed by atoms with Gasteiger partial charge in [0.05, 0.1) is 0 Å². The van der Waals surface area contributed by atoms with Gasteiger partial charge < -0.3 is 0 Å². The number of aryl methyl sites for hydroxylation is 2. The monoisotopic (exact) mass is 274 g/mol. The molecule has 0 heterocycles. The Kier molecular flexibility index (Phi) is 2.52. The summed E-state index contributed by atoms with van der Waals surface area (Å²) in [5, 5.41) is 6.60. The van der Waals surface area contributed by atoms with Gasteiger partial charge in [0, 0.05) is 5.39 Å². The molecule has 0 amide bonds. The van der Waals surface area contributed by atoms with Gasteiger partial charge in [-0.15, -0.1) is 0 Å². The van der Waals surface area contributed by atoms with Gasteiger partial charge in [0.25, 0.3) is 0 Å². The highest BCUT2D eigenvalue weighted by Gasteiger charge is 2.12. The van der Waals surface area contributed by atoms with E-state index in [-0.39, 0.29) is 5.82 Å². The Balaban J connectivity index is 2.37. The largest absolute Gasteiger partial charge is 0.206 e. The van der Waals surface area contributed by atoms with Crippen molar-refractivity contribution in [2.24, 2.45) is 0 Å². The van der Waals surface area contributed by atoms with Gasteiger partial charge in [0.1, 0.15) is 5.82 Å². The van der Waals surface area contributed by atoms with Gasteiger partial charge in [0.15, 0.2) is 0 Å². The van der Waals surface area contributed by atoms with Crippen LogP contribution in [0.2, 0.25) is 0 Å². The Hall–Kier alpha value is -2.41. The summed E-state index contributed by atoms with van der Waals surface area (Å²) in [6.07, 6.45) is 0. The van der Waals surface area contributed by atoms with Gasteiger partial charge in [-0.05, 0) is 58.0 Å². The van der Waals surface area contributed by atoms with E-state index in [1.165, 1.54) is 38.7 Å². The summed E-state index contributed by atoms with van der Waals surface area (Å²) < 4.78 is 14.1. The minimum Gasteiger partial charge on any atom is -0.206 e. The molecule has 0 atom stereocenters. The smallest absolute Gasteiger partial charge is 0.131 e. The third kappa shape index (κ3) is 1.61. The van der Waals surface area contributed by atoms with Gasteiger partial charge in [-0.2, -0.15) is 0 Å². The van der Waals surface area contributed by atoms with E-state index in [1.807, 2.05) is 12.1 Å². The van der Waals surface area contributed by atoms with Crippen LogP contribution in [0.4, 0.5) is 4.39 Å². The maximum absolute atomic E-state index is 14.1. The molecule has 4 rings (SSSR count). The third-order valence-electron chi connectivity index (χ3n) is 4.52. The predicted molar refractivity (Wildman–Crippen MR) is 88.4 cm³/mol. The summed E-state index contributed by atoms with van der Waals surface area (Å²) in [6, 6.07) is 17.7. The molecule has 0 aromatic heterocycles. The van der Waals surface area contributed by atoms with Crippen molar-refractivity contribution in [1.82, 2.24) is 0 Å². The Morgan fingerprint density at radius 3 is 1.95 bits per heavy atom. The number of halogens is 1. The van der Waals surface area contributed by atoms with Gasteiger partial charge in [-0.25, -0.2) is 4.39 Å². The van der Waals surface area contributed by atoms with Crippen LogP contribution in [0.25, 0.3) is 32.3 Å². The second-order valence-corrected chi connectivity index (χ2v) is 5.62. The number of fused-ring (bicyclic) bond motifs is 4. The molecule has 0 radical (unpaired) electrons. The molecule has 1 heteroatoms. The van der Waals surface area contributed by atoms with Crippen molar-refractivity contribution >= 4 is 32.3 Å². The lowest BCUT2D eigenvalue weighted by Gasteiger charge is -2.14. The summed E-state index contributed by atoms with van der Waals surface area (Å²) in [5.74, 6) is -0.153. The first-order chi connectivity index (χ1) is 10.2. The van der Waals surface area contributed by atoms with Crippen molar-refractivity contribution < 1.29 is 4.39 Å². The Morgan fingerprint density at radius 1 is 0.571 bits per heavy atom. The molecular weight excluding hydrogens is 259 g/mol. The van der Waals surface area contributed by atoms with E-state index in [4.69, 9.17) is 0 Å². The quantitative estimate of drug-likeness (QED) is 0.276. The van der Waals surface area contributed by atoms with Gasteiger partial charge in [0.2, 0.25) is 0 Å². The van der Waals surface area contributed by atoms with Crippen LogP contribution < -0.4 is 0 Å². The van der Waals surface area contributed by atoms with E-state index in [0.29, 0.717) is 5.39 Å². The first kappa shape index (κ1) is 12.3. The van der Waals surface area contributed by atoms with Crippen LogP contribution in [0.15, 0.2) is 54.6 Å². The molecule has 0 N–H and O–H groups in total. The summed E-state index contributed by atoms with van der Waals surface area (Å²) >= 11 is 0. The Bertz CT molecular complexity index is 1010. The lowest BCUT2D eigenvalue weighted by Crippen LogP contribution is -1.90. The molecule has 0 nitrogen and oxygen atoms in total. The fraction of sp³-hybridized carbons (Fsp3) is 0.100. The first-order valence-corrected chi connectivity index (χ1v) is 7.17. The number of hydrogen-bond acceptors (Lipinski definition) is 0. The molecule has 0 spiro atoms. The van der Waals surface area contributed by atoms with E-state index in [2.05, 4.69) is 44.2 Å². The van der Waals surface area contributed by atoms with E-state index in [9.17, 15) is 4.39 Å². The average Bonchev–Trinajstić information content (AvgIpc) is 2.52. The summed E-state index contributed by atoms with van der Waals surface area (Å²) in [5.41, 5.74) is 2.49. The van der Waals surface area contributed by atoms with Crippen molar-refractivity contribution in [2.75, 3.05) is 0 Å². The molecule has 4 aromatic rings. The second kappa shape index (κ2) is 4.29. The van der Waals surface area contributed by atoms with Crippen LogP contribution in [0.1, 0.15) is 11.1 Å². The van der Waals surface area contributed by atoms with Crippen molar-refractivity contribution in [3.05, 3.63) is 71.5 Å². The molecule has 0 aliphatic rings. The van der Waals surface area contributed by atoms with Crippen molar-refractivity contribution in [3.8, 4) is 0 Å². The Labute approximate surface area is 122 Å². The third-order valence-corrected chi connectivity index (χ3v) is 4.52. The van der Waals surface area contributed by atoms with Crippen molar-refractivity contribution in [3.63, 3.8) is 0 Å². The van der Waals surface area contributed by atoms with Crippen LogP contribution >= 0.6 is 0 Å². The minimum absolute atomic E-state index is 0.153. The fourth-order valence-electron chi connectivity index (χ4n) is 3.45. The molecule has 0 saturated carbocycles. The lowest BCUT2D eigenvalue weighted by atomic mass is 9.90. The zero-order valence-corrected chi connectivity index (χ0v) is 12.1. The molecule has 0 fully saturated rings. The van der Waals surface area contributed by atoms with Crippen LogP contribution in [0, 0.1) is 19.7 Å². The van der Waals surface area contributed by atoms with Gasteiger partial charge >= 0.3 is 0 Å². The van der Waals surface area contributed by atoms with Crippen LogP contribution in [0.5, 0.6) is 0 Å². The standard InChI is InChI=1S/C20H15F/c1-12-14-6-3-4-7-15(14)13(2)20-16(12)10-11-17-18(20)8-5-9-19(17)21/h3-11H,1-2H3. The van der Waals surface area contributed by atoms with E-state index in [0.717, 1.165) is 5.39 Å². The predicted octanol–water partition coefficient (Wildman–Crippen LogP) is 5.90. The van der Waals surface area contributed by atoms with E-state index >= 15 is 0 Å². The highest BCUT2D eigenvalue weighted by molar-refractivity contribution is 6.16. The molecule has 102 valence electrons. The number of benzene rings is 4. The van der Waals surface area contributed by atoms with Gasteiger partial charge in [-0.1, -0.05) is 48.5 Å². The first-order valence-electron chi connectivity index (χ1n) is 7.17. The van der Waals surface area contributed by atoms with E-state index in [1.54, 1.807) is 6.07 Å². The van der Waals surface area contributed by atoms with Crippen molar-refractivity contribution in [1.29, 1.82) is 0 Å². The van der Waals surface area contributed by atoms with Crippen LogP contribution in [0.3, 0.4) is 0 Å². The SMILES string of the molecule is Cc1c2ccccc2c(C)c2c1ccc1c(F)cccc12. The molecule has 0 aliphatic heterocycles. The molecule has 21 heavy (non-hydrogen) atoms.